The Kier molecular flexibility index (Phi) is 3.82. The van der Waals surface area contributed by atoms with Crippen molar-refractivity contribution in [2.75, 3.05) is 13.2 Å². The smallest absolute Gasteiger partial charge is 0.302 e. The summed E-state index contributed by atoms with van der Waals surface area (Å²) in [5, 5.41) is 19.1. The summed E-state index contributed by atoms with van der Waals surface area (Å²) in [7, 11) is 0. The van der Waals surface area contributed by atoms with E-state index in [-0.39, 0.29) is 6.61 Å². The lowest BCUT2D eigenvalue weighted by molar-refractivity contribution is -0.152. The molecule has 0 spiro atoms. The predicted molar refractivity (Wildman–Crippen MR) is 54.1 cm³/mol. The molecule has 0 saturated carbocycles. The Labute approximate surface area is 88.1 Å². The van der Waals surface area contributed by atoms with Crippen LogP contribution in [0.1, 0.15) is 12.5 Å². The first-order valence-corrected chi connectivity index (χ1v) is 4.60. The summed E-state index contributed by atoms with van der Waals surface area (Å²) in [6.45, 7) is 0.510. The number of rotatable bonds is 4. The van der Waals surface area contributed by atoms with E-state index in [0.29, 0.717) is 5.56 Å². The van der Waals surface area contributed by atoms with Gasteiger partial charge in [-0.2, -0.15) is 0 Å². The van der Waals surface area contributed by atoms with Crippen LogP contribution < -0.4 is 0 Å². The first-order valence-electron chi connectivity index (χ1n) is 4.60. The van der Waals surface area contributed by atoms with Crippen LogP contribution in [0.2, 0.25) is 0 Å². The van der Waals surface area contributed by atoms with E-state index >= 15 is 0 Å². The molecule has 1 aromatic carbocycles. The van der Waals surface area contributed by atoms with E-state index in [4.69, 9.17) is 9.84 Å². The summed E-state index contributed by atoms with van der Waals surface area (Å²) in [6, 6.07) is 8.61. The second-order valence-electron chi connectivity index (χ2n) is 3.34. The molecule has 0 aromatic heterocycles. The molecular formula is C11H14O4. The molecule has 0 aliphatic carbocycles. The van der Waals surface area contributed by atoms with Gasteiger partial charge in [0.1, 0.15) is 12.2 Å². The van der Waals surface area contributed by atoms with Crippen molar-refractivity contribution in [2.24, 2.45) is 0 Å². The molecular weight excluding hydrogens is 196 g/mol. The molecule has 15 heavy (non-hydrogen) atoms. The van der Waals surface area contributed by atoms with Gasteiger partial charge in [0.05, 0.1) is 6.61 Å². The number of aliphatic hydroxyl groups excluding tert-OH is 1. The molecule has 0 aliphatic heterocycles. The van der Waals surface area contributed by atoms with E-state index in [2.05, 4.69) is 0 Å². The van der Waals surface area contributed by atoms with Gasteiger partial charge in [0.2, 0.25) is 0 Å². The maximum absolute atomic E-state index is 10.6. The van der Waals surface area contributed by atoms with Gasteiger partial charge in [-0.15, -0.1) is 0 Å². The lowest BCUT2D eigenvalue weighted by Gasteiger charge is -2.25. The molecule has 4 nitrogen and oxygen atoms in total. The molecule has 0 unspecified atom stereocenters. The topological polar surface area (TPSA) is 66.8 Å². The Morgan fingerprint density at radius 2 is 2.00 bits per heavy atom. The summed E-state index contributed by atoms with van der Waals surface area (Å²) in [5.41, 5.74) is -0.999. The lowest BCUT2D eigenvalue weighted by Crippen LogP contribution is -2.36. The zero-order valence-electron chi connectivity index (χ0n) is 8.51. The fourth-order valence-electron chi connectivity index (χ4n) is 1.19. The fourth-order valence-corrected chi connectivity index (χ4v) is 1.19. The maximum Gasteiger partial charge on any atom is 0.302 e. The number of ether oxygens (including phenoxy) is 1. The molecule has 0 bridgehead atoms. The third-order valence-electron chi connectivity index (χ3n) is 2.09. The van der Waals surface area contributed by atoms with Crippen LogP contribution in [0.5, 0.6) is 0 Å². The Hall–Kier alpha value is -1.39. The first kappa shape index (κ1) is 11.7. The van der Waals surface area contributed by atoms with Crippen LogP contribution in [0.25, 0.3) is 0 Å². The largest absolute Gasteiger partial charge is 0.462 e. The van der Waals surface area contributed by atoms with E-state index in [1.165, 1.54) is 6.92 Å². The molecule has 1 aromatic rings. The van der Waals surface area contributed by atoms with Crippen LogP contribution >= 0.6 is 0 Å². The standard InChI is InChI=1S/C11H14O4/c1-9(13)15-8-11(14,7-12)10-5-3-2-4-6-10/h2-6,12,14H,7-8H2,1H3/t11-/m1/s1. The van der Waals surface area contributed by atoms with Gasteiger partial charge in [-0.25, -0.2) is 0 Å². The minimum Gasteiger partial charge on any atom is -0.462 e. The molecule has 0 heterocycles. The summed E-state index contributed by atoms with van der Waals surface area (Å²) >= 11 is 0. The zero-order chi connectivity index (χ0) is 11.3. The minimum absolute atomic E-state index is 0.247. The van der Waals surface area contributed by atoms with Crippen LogP contribution in [-0.4, -0.2) is 29.4 Å². The molecule has 0 amide bonds. The van der Waals surface area contributed by atoms with E-state index in [0.717, 1.165) is 0 Å². The van der Waals surface area contributed by atoms with Crippen LogP contribution in [0.15, 0.2) is 30.3 Å². The van der Waals surface area contributed by atoms with Crippen LogP contribution in [0.3, 0.4) is 0 Å². The minimum atomic E-state index is -1.52. The van der Waals surface area contributed by atoms with Gasteiger partial charge in [-0.3, -0.25) is 4.79 Å². The molecule has 1 rings (SSSR count). The third-order valence-corrected chi connectivity index (χ3v) is 2.09. The normalized spacial score (nSPS) is 14.3. The van der Waals surface area contributed by atoms with Gasteiger partial charge in [-0.05, 0) is 5.56 Å². The monoisotopic (exact) mass is 210 g/mol. The van der Waals surface area contributed by atoms with E-state index in [1.807, 2.05) is 0 Å². The van der Waals surface area contributed by atoms with Crippen LogP contribution in [-0.2, 0) is 15.1 Å². The zero-order valence-corrected chi connectivity index (χ0v) is 8.51. The number of carbonyl (C=O) groups is 1. The summed E-state index contributed by atoms with van der Waals surface area (Å²) in [6.07, 6.45) is 0. The van der Waals surface area contributed by atoms with Gasteiger partial charge in [-0.1, -0.05) is 30.3 Å². The van der Waals surface area contributed by atoms with Crippen molar-refractivity contribution in [1.82, 2.24) is 0 Å². The molecule has 0 radical (unpaired) electrons. The second-order valence-corrected chi connectivity index (χ2v) is 3.34. The molecule has 0 saturated heterocycles. The highest BCUT2D eigenvalue weighted by Crippen LogP contribution is 2.20. The Morgan fingerprint density at radius 3 is 2.47 bits per heavy atom. The van der Waals surface area contributed by atoms with Gasteiger partial charge < -0.3 is 14.9 Å². The molecule has 0 aliphatic rings. The molecule has 0 fully saturated rings. The Morgan fingerprint density at radius 1 is 1.40 bits per heavy atom. The van der Waals surface area contributed by atoms with Crippen molar-refractivity contribution in [1.29, 1.82) is 0 Å². The molecule has 1 atom stereocenters. The quantitative estimate of drug-likeness (QED) is 0.707. The van der Waals surface area contributed by atoms with Crippen molar-refractivity contribution in [3.63, 3.8) is 0 Å². The van der Waals surface area contributed by atoms with Crippen molar-refractivity contribution < 1.29 is 19.7 Å². The summed E-state index contributed by atoms with van der Waals surface area (Å²) in [5.74, 6) is -0.488. The number of aliphatic hydroxyl groups is 2. The van der Waals surface area contributed by atoms with Crippen LogP contribution in [0.4, 0.5) is 0 Å². The fraction of sp³-hybridized carbons (Fsp3) is 0.364. The number of hydrogen-bond donors (Lipinski definition) is 2. The number of hydrogen-bond acceptors (Lipinski definition) is 4. The average Bonchev–Trinajstić information content (AvgIpc) is 2.27. The number of benzene rings is 1. The second kappa shape index (κ2) is 4.91. The Balaban J connectivity index is 2.80. The molecule has 2 N–H and O–H groups in total. The van der Waals surface area contributed by atoms with Crippen LogP contribution in [0, 0.1) is 0 Å². The van der Waals surface area contributed by atoms with Crippen molar-refractivity contribution in [3.8, 4) is 0 Å². The highest BCUT2D eigenvalue weighted by atomic mass is 16.5. The summed E-state index contributed by atoms with van der Waals surface area (Å²) < 4.78 is 4.70. The Bertz CT molecular complexity index is 323. The van der Waals surface area contributed by atoms with Crippen molar-refractivity contribution in [3.05, 3.63) is 35.9 Å². The highest BCUT2D eigenvalue weighted by Gasteiger charge is 2.29. The predicted octanol–water partition coefficient (Wildman–Crippen LogP) is 0.430. The van der Waals surface area contributed by atoms with E-state index < -0.39 is 18.2 Å². The number of esters is 1. The third kappa shape index (κ3) is 3.04. The SMILES string of the molecule is CC(=O)OC[C@](O)(CO)c1ccccc1. The van der Waals surface area contributed by atoms with Gasteiger partial charge in [0.25, 0.3) is 0 Å². The van der Waals surface area contributed by atoms with E-state index in [9.17, 15) is 9.90 Å². The van der Waals surface area contributed by atoms with Crippen molar-refractivity contribution in [2.45, 2.75) is 12.5 Å². The van der Waals surface area contributed by atoms with Gasteiger partial charge >= 0.3 is 5.97 Å². The van der Waals surface area contributed by atoms with Gasteiger partial charge in [0, 0.05) is 6.92 Å². The maximum atomic E-state index is 10.6. The van der Waals surface area contributed by atoms with Gasteiger partial charge in [0.15, 0.2) is 0 Å². The molecule has 82 valence electrons. The van der Waals surface area contributed by atoms with E-state index in [1.54, 1.807) is 30.3 Å². The summed E-state index contributed by atoms with van der Waals surface area (Å²) in [4.78, 5) is 10.6. The first-order chi connectivity index (χ1) is 7.08. The average molecular weight is 210 g/mol. The number of carbonyl (C=O) groups excluding carboxylic acids is 1. The van der Waals surface area contributed by atoms with Crippen molar-refractivity contribution >= 4 is 5.97 Å². The molecule has 4 heteroatoms. The highest BCUT2D eigenvalue weighted by molar-refractivity contribution is 5.66. The lowest BCUT2D eigenvalue weighted by atomic mass is 9.96.